The van der Waals surface area contributed by atoms with Gasteiger partial charge in [-0.15, -0.1) is 35.0 Å². The predicted octanol–water partition coefficient (Wildman–Crippen LogP) is 3.83. The molecule has 0 saturated carbocycles. The molecular formula is C18H21Cl3N6O2. The van der Waals surface area contributed by atoms with E-state index in [1.165, 1.54) is 4.68 Å². The molecule has 29 heavy (non-hydrogen) atoms. The molecule has 3 N–H and O–H groups in total. The molecule has 2 aromatic carbocycles. The Balaban J connectivity index is 0.00000210. The third-order valence-corrected chi connectivity index (χ3v) is 4.16. The predicted molar refractivity (Wildman–Crippen MR) is 119 cm³/mol. The molecule has 1 aromatic heterocycles. The Morgan fingerprint density at radius 3 is 2.59 bits per heavy atom. The Bertz CT molecular complexity index is 965. The second-order valence-electron chi connectivity index (χ2n) is 5.57. The van der Waals surface area contributed by atoms with Crippen LogP contribution in [0.3, 0.4) is 0 Å². The molecule has 0 bridgehead atoms. The quantitative estimate of drug-likeness (QED) is 0.316. The lowest BCUT2D eigenvalue weighted by Crippen LogP contribution is -2.13. The zero-order chi connectivity index (χ0) is 19.2. The van der Waals surface area contributed by atoms with Crippen LogP contribution in [0.5, 0.6) is 11.5 Å². The number of methoxy groups -OCH3 is 1. The van der Waals surface area contributed by atoms with Crippen molar-refractivity contribution in [3.05, 3.63) is 64.4 Å². The highest BCUT2D eigenvalue weighted by Gasteiger charge is 2.11. The van der Waals surface area contributed by atoms with Gasteiger partial charge in [-0.1, -0.05) is 35.9 Å². The molecule has 0 aliphatic heterocycles. The Labute approximate surface area is 185 Å². The molecule has 0 radical (unpaired) electrons. The second-order valence-corrected chi connectivity index (χ2v) is 5.98. The summed E-state index contributed by atoms with van der Waals surface area (Å²) in [5.41, 5.74) is 4.34. The van der Waals surface area contributed by atoms with Crippen LogP contribution in [0.15, 0.2) is 47.6 Å². The van der Waals surface area contributed by atoms with Crippen molar-refractivity contribution in [2.45, 2.75) is 13.5 Å². The van der Waals surface area contributed by atoms with E-state index in [-0.39, 0.29) is 24.8 Å². The monoisotopic (exact) mass is 458 g/mol. The summed E-state index contributed by atoms with van der Waals surface area (Å²) in [5, 5.41) is 12.5. The van der Waals surface area contributed by atoms with Crippen molar-refractivity contribution >= 4 is 48.6 Å². The summed E-state index contributed by atoms with van der Waals surface area (Å²) in [5.74, 6) is 7.81. The van der Waals surface area contributed by atoms with Crippen LogP contribution in [0.2, 0.25) is 5.02 Å². The van der Waals surface area contributed by atoms with E-state index in [0.717, 1.165) is 5.56 Å². The minimum absolute atomic E-state index is 0. The third kappa shape index (κ3) is 5.90. The molecule has 0 spiro atoms. The molecule has 0 aliphatic carbocycles. The van der Waals surface area contributed by atoms with Gasteiger partial charge in [0, 0.05) is 16.1 Å². The van der Waals surface area contributed by atoms with Crippen molar-refractivity contribution < 1.29 is 9.47 Å². The number of aryl methyl sites for hydroxylation is 1. The normalized spacial score (nSPS) is 10.2. The Morgan fingerprint density at radius 1 is 1.17 bits per heavy atom. The number of hydrazone groups is 1. The minimum atomic E-state index is 0. The SMILES string of the molecule is COc1cccc(C=NNc2nnc(C)n2N)c1OCc1ccccc1Cl.Cl.Cl. The van der Waals surface area contributed by atoms with Gasteiger partial charge >= 0.3 is 0 Å². The van der Waals surface area contributed by atoms with Crippen molar-refractivity contribution in [3.63, 3.8) is 0 Å². The van der Waals surface area contributed by atoms with E-state index in [1.54, 1.807) is 20.2 Å². The number of ether oxygens (including phenoxy) is 2. The summed E-state index contributed by atoms with van der Waals surface area (Å²) >= 11 is 6.20. The molecule has 3 rings (SSSR count). The standard InChI is InChI=1S/C18H19ClN6O2.2ClH/c1-12-22-24-18(25(12)20)23-21-10-13-7-5-9-16(26-2)17(13)27-11-14-6-3-4-8-15(14)19;;/h3-10H,11,20H2,1-2H3,(H,23,24);2*1H. The van der Waals surface area contributed by atoms with Crippen molar-refractivity contribution in [3.8, 4) is 11.5 Å². The first-order valence-electron chi connectivity index (χ1n) is 8.09. The molecule has 11 heteroatoms. The van der Waals surface area contributed by atoms with Gasteiger partial charge in [-0.05, 0) is 25.1 Å². The molecular weight excluding hydrogens is 439 g/mol. The number of nitrogens with zero attached hydrogens (tertiary/aromatic N) is 4. The maximum absolute atomic E-state index is 6.20. The van der Waals surface area contributed by atoms with Crippen LogP contribution >= 0.6 is 36.4 Å². The molecule has 0 aliphatic rings. The van der Waals surface area contributed by atoms with Crippen molar-refractivity contribution in [2.24, 2.45) is 5.10 Å². The summed E-state index contributed by atoms with van der Waals surface area (Å²) in [6.45, 7) is 2.04. The van der Waals surface area contributed by atoms with Crippen molar-refractivity contribution in [2.75, 3.05) is 18.4 Å². The maximum Gasteiger partial charge on any atom is 0.263 e. The lowest BCUT2D eigenvalue weighted by Gasteiger charge is -2.13. The first kappa shape index (κ1) is 24.4. The number of hydrogen-bond acceptors (Lipinski definition) is 7. The Hall–Kier alpha value is -2.68. The van der Waals surface area contributed by atoms with Gasteiger partial charge in [0.2, 0.25) is 0 Å². The van der Waals surface area contributed by atoms with Gasteiger partial charge in [0.15, 0.2) is 17.3 Å². The fraction of sp³-hybridized carbons (Fsp3) is 0.167. The van der Waals surface area contributed by atoms with Gasteiger partial charge < -0.3 is 15.3 Å². The van der Waals surface area contributed by atoms with Gasteiger partial charge in [-0.3, -0.25) is 0 Å². The highest BCUT2D eigenvalue weighted by atomic mass is 35.5. The summed E-state index contributed by atoms with van der Waals surface area (Å²) in [7, 11) is 1.58. The van der Waals surface area contributed by atoms with Crippen LogP contribution in [0, 0.1) is 6.92 Å². The van der Waals surface area contributed by atoms with E-state index < -0.39 is 0 Å². The summed E-state index contributed by atoms with van der Waals surface area (Å²) in [4.78, 5) is 0. The number of halogens is 3. The third-order valence-electron chi connectivity index (χ3n) is 3.79. The molecule has 0 amide bonds. The van der Waals surface area contributed by atoms with Crippen LogP contribution < -0.4 is 20.7 Å². The van der Waals surface area contributed by atoms with Crippen molar-refractivity contribution in [1.29, 1.82) is 0 Å². The molecule has 0 atom stereocenters. The van der Waals surface area contributed by atoms with E-state index in [9.17, 15) is 0 Å². The molecule has 0 fully saturated rings. The van der Waals surface area contributed by atoms with E-state index in [1.807, 2.05) is 42.5 Å². The number of rotatable bonds is 7. The van der Waals surface area contributed by atoms with Gasteiger partial charge in [0.25, 0.3) is 5.95 Å². The van der Waals surface area contributed by atoms with Gasteiger partial charge in [-0.2, -0.15) is 5.10 Å². The second kappa shape index (κ2) is 11.4. The lowest BCUT2D eigenvalue weighted by atomic mass is 10.2. The maximum atomic E-state index is 6.20. The first-order valence-corrected chi connectivity index (χ1v) is 8.47. The topological polar surface area (TPSA) is 99.6 Å². The number of nitrogens with one attached hydrogen (secondary N) is 1. The van der Waals surface area contributed by atoms with Gasteiger partial charge in [-0.25, -0.2) is 10.1 Å². The number of benzene rings is 2. The van der Waals surface area contributed by atoms with Gasteiger partial charge in [0.05, 0.1) is 13.3 Å². The minimum Gasteiger partial charge on any atom is -0.493 e. The molecule has 8 nitrogen and oxygen atoms in total. The number of nitrogen functional groups attached to an aromatic ring is 1. The molecule has 1 heterocycles. The van der Waals surface area contributed by atoms with E-state index in [2.05, 4.69) is 20.7 Å². The summed E-state index contributed by atoms with van der Waals surface area (Å²) < 4.78 is 12.7. The molecule has 0 saturated heterocycles. The van der Waals surface area contributed by atoms with E-state index >= 15 is 0 Å². The Morgan fingerprint density at radius 2 is 1.93 bits per heavy atom. The fourth-order valence-electron chi connectivity index (χ4n) is 2.32. The number of hydrogen-bond donors (Lipinski definition) is 2. The zero-order valence-corrected chi connectivity index (χ0v) is 18.1. The largest absolute Gasteiger partial charge is 0.493 e. The summed E-state index contributed by atoms with van der Waals surface area (Å²) in [6, 6.07) is 13.0. The van der Waals surface area contributed by atoms with Crippen molar-refractivity contribution in [1.82, 2.24) is 14.9 Å². The Kier molecular flexibility index (Phi) is 9.54. The van der Waals surface area contributed by atoms with Crippen LogP contribution in [-0.4, -0.2) is 28.2 Å². The average Bonchev–Trinajstić information content (AvgIpc) is 3.00. The fourth-order valence-corrected chi connectivity index (χ4v) is 2.51. The molecule has 156 valence electrons. The zero-order valence-electron chi connectivity index (χ0n) is 15.7. The lowest BCUT2D eigenvalue weighted by molar-refractivity contribution is 0.284. The molecule has 0 unspecified atom stereocenters. The molecule has 3 aromatic rings. The highest BCUT2D eigenvalue weighted by molar-refractivity contribution is 6.31. The smallest absolute Gasteiger partial charge is 0.263 e. The number of para-hydroxylation sites is 1. The first-order chi connectivity index (χ1) is 13.1. The van der Waals surface area contributed by atoms with Crippen LogP contribution in [0.1, 0.15) is 17.0 Å². The van der Waals surface area contributed by atoms with Crippen LogP contribution in [0.4, 0.5) is 5.95 Å². The van der Waals surface area contributed by atoms with Crippen LogP contribution in [-0.2, 0) is 6.61 Å². The number of anilines is 1. The van der Waals surface area contributed by atoms with E-state index in [4.69, 9.17) is 26.9 Å². The number of nitrogens with two attached hydrogens (primary N) is 1. The van der Waals surface area contributed by atoms with Crippen LogP contribution in [0.25, 0.3) is 0 Å². The number of aromatic nitrogens is 3. The summed E-state index contributed by atoms with van der Waals surface area (Å²) in [6.07, 6.45) is 1.59. The van der Waals surface area contributed by atoms with E-state index in [0.29, 0.717) is 40.5 Å². The average molecular weight is 460 g/mol. The van der Waals surface area contributed by atoms with Gasteiger partial charge in [0.1, 0.15) is 6.61 Å². The highest BCUT2D eigenvalue weighted by Crippen LogP contribution is 2.31.